The molecule has 7 nitrogen and oxygen atoms in total. The SMILES string of the molecule is COC[C@@]12CCCO[C@@H]1CCN(S(=O)(=O)c1c(C)nn(C)c1C)C2. The van der Waals surface area contributed by atoms with Crippen LogP contribution >= 0.6 is 0 Å². The number of hydrogen-bond acceptors (Lipinski definition) is 5. The molecule has 0 amide bonds. The quantitative estimate of drug-likeness (QED) is 0.811. The first-order valence-corrected chi connectivity index (χ1v) is 9.87. The smallest absolute Gasteiger partial charge is 0.246 e. The molecule has 0 spiro atoms. The Hall–Kier alpha value is -0.960. The molecule has 0 radical (unpaired) electrons. The third-order valence-electron chi connectivity index (χ3n) is 5.43. The van der Waals surface area contributed by atoms with Gasteiger partial charge in [-0.05, 0) is 33.1 Å². The van der Waals surface area contributed by atoms with Crippen molar-refractivity contribution in [3.8, 4) is 0 Å². The molecule has 1 aromatic rings. The fourth-order valence-corrected chi connectivity index (χ4v) is 6.16. The van der Waals surface area contributed by atoms with E-state index in [4.69, 9.17) is 9.47 Å². The summed E-state index contributed by atoms with van der Waals surface area (Å²) in [5.41, 5.74) is 0.982. The normalized spacial score (nSPS) is 28.8. The fourth-order valence-electron chi connectivity index (χ4n) is 4.21. The van der Waals surface area contributed by atoms with Gasteiger partial charge < -0.3 is 9.47 Å². The maximum Gasteiger partial charge on any atom is 0.246 e. The lowest BCUT2D eigenvalue weighted by Gasteiger charge is -2.49. The van der Waals surface area contributed by atoms with E-state index in [2.05, 4.69) is 5.10 Å². The highest BCUT2D eigenvalue weighted by Gasteiger charge is 2.49. The van der Waals surface area contributed by atoms with Crippen molar-refractivity contribution >= 4 is 10.0 Å². The molecule has 1 aromatic heterocycles. The summed E-state index contributed by atoms with van der Waals surface area (Å²) < 4.78 is 41.1. The third-order valence-corrected chi connectivity index (χ3v) is 7.52. The van der Waals surface area contributed by atoms with Crippen molar-refractivity contribution in [2.24, 2.45) is 12.5 Å². The summed E-state index contributed by atoms with van der Waals surface area (Å²) in [6, 6.07) is 0. The van der Waals surface area contributed by atoms with Crippen LogP contribution in [0.1, 0.15) is 30.7 Å². The number of sulfonamides is 1. The molecule has 3 heterocycles. The van der Waals surface area contributed by atoms with Crippen LogP contribution in [0.2, 0.25) is 0 Å². The number of hydrogen-bond donors (Lipinski definition) is 0. The lowest BCUT2D eigenvalue weighted by atomic mass is 9.73. The van der Waals surface area contributed by atoms with Crippen LogP contribution in [-0.4, -0.2) is 62.0 Å². The Morgan fingerprint density at radius 1 is 1.42 bits per heavy atom. The number of aryl methyl sites for hydroxylation is 2. The zero-order valence-electron chi connectivity index (χ0n) is 14.9. The van der Waals surface area contributed by atoms with Crippen LogP contribution in [0.4, 0.5) is 0 Å². The Labute approximate surface area is 144 Å². The second kappa shape index (κ2) is 6.40. The number of methoxy groups -OCH3 is 1. The van der Waals surface area contributed by atoms with Gasteiger partial charge in [-0.1, -0.05) is 0 Å². The van der Waals surface area contributed by atoms with Gasteiger partial charge in [0.25, 0.3) is 0 Å². The summed E-state index contributed by atoms with van der Waals surface area (Å²) in [4.78, 5) is 0.341. The number of fused-ring (bicyclic) bond motifs is 1. The van der Waals surface area contributed by atoms with Gasteiger partial charge in [0.2, 0.25) is 10.0 Å². The van der Waals surface area contributed by atoms with Crippen LogP contribution in [0.3, 0.4) is 0 Å². The van der Waals surface area contributed by atoms with Crippen LogP contribution < -0.4 is 0 Å². The van der Waals surface area contributed by atoms with E-state index in [9.17, 15) is 8.42 Å². The topological polar surface area (TPSA) is 73.7 Å². The lowest BCUT2D eigenvalue weighted by Crippen LogP contribution is -2.57. The molecule has 0 saturated carbocycles. The van der Waals surface area contributed by atoms with Crippen molar-refractivity contribution in [1.29, 1.82) is 0 Å². The first-order chi connectivity index (χ1) is 11.3. The molecule has 2 fully saturated rings. The van der Waals surface area contributed by atoms with Crippen molar-refractivity contribution in [3.63, 3.8) is 0 Å². The minimum atomic E-state index is -3.57. The van der Waals surface area contributed by atoms with E-state index < -0.39 is 10.0 Å². The first kappa shape index (κ1) is 17.8. The first-order valence-electron chi connectivity index (χ1n) is 8.43. The Bertz CT molecular complexity index is 711. The monoisotopic (exact) mass is 357 g/mol. The van der Waals surface area contributed by atoms with Crippen molar-refractivity contribution < 1.29 is 17.9 Å². The van der Waals surface area contributed by atoms with Gasteiger partial charge in [0.05, 0.1) is 24.1 Å². The van der Waals surface area contributed by atoms with Gasteiger partial charge in [-0.2, -0.15) is 9.40 Å². The number of ether oxygens (including phenoxy) is 2. The molecule has 0 aliphatic carbocycles. The van der Waals surface area contributed by atoms with Gasteiger partial charge in [-0.3, -0.25) is 4.68 Å². The summed E-state index contributed by atoms with van der Waals surface area (Å²) >= 11 is 0. The molecule has 3 rings (SSSR count). The van der Waals surface area contributed by atoms with Crippen molar-refractivity contribution in [2.75, 3.05) is 33.4 Å². The van der Waals surface area contributed by atoms with Gasteiger partial charge in [-0.15, -0.1) is 0 Å². The average Bonchev–Trinajstić information content (AvgIpc) is 2.79. The van der Waals surface area contributed by atoms with E-state index >= 15 is 0 Å². The molecule has 0 aromatic carbocycles. The highest BCUT2D eigenvalue weighted by molar-refractivity contribution is 7.89. The number of aromatic nitrogens is 2. The number of rotatable bonds is 4. The van der Waals surface area contributed by atoms with Crippen LogP contribution in [0.5, 0.6) is 0 Å². The maximum absolute atomic E-state index is 13.3. The summed E-state index contributed by atoms with van der Waals surface area (Å²) in [6.45, 7) is 5.75. The molecule has 0 bridgehead atoms. The Morgan fingerprint density at radius 3 is 2.79 bits per heavy atom. The third kappa shape index (κ3) is 2.79. The van der Waals surface area contributed by atoms with Crippen LogP contribution in [-0.2, 0) is 26.5 Å². The van der Waals surface area contributed by atoms with Gasteiger partial charge >= 0.3 is 0 Å². The summed E-state index contributed by atoms with van der Waals surface area (Å²) in [7, 11) is -0.128. The standard InChI is InChI=1S/C16H27N3O4S/c1-12-15(13(2)18(3)17-12)24(20,21)19-8-6-14-16(10-19,11-22-4)7-5-9-23-14/h14H,5-11H2,1-4H3/t14-,16+/m1/s1. The van der Waals surface area contributed by atoms with Crippen LogP contribution in [0.15, 0.2) is 4.90 Å². The predicted molar refractivity (Wildman–Crippen MR) is 89.3 cm³/mol. The number of piperidine rings is 1. The van der Waals surface area contributed by atoms with Gasteiger partial charge in [0.15, 0.2) is 0 Å². The second-order valence-corrected chi connectivity index (χ2v) is 8.88. The molecule has 0 unspecified atom stereocenters. The average molecular weight is 357 g/mol. The maximum atomic E-state index is 13.3. The van der Waals surface area contributed by atoms with Crippen molar-refractivity contribution in [2.45, 2.75) is 44.1 Å². The lowest BCUT2D eigenvalue weighted by molar-refractivity contribution is -0.137. The Balaban J connectivity index is 1.94. The van der Waals surface area contributed by atoms with E-state index in [0.717, 1.165) is 19.4 Å². The zero-order chi connectivity index (χ0) is 17.5. The zero-order valence-corrected chi connectivity index (χ0v) is 15.7. The Kier molecular flexibility index (Phi) is 4.76. The molecule has 24 heavy (non-hydrogen) atoms. The molecule has 2 aliphatic rings. The van der Waals surface area contributed by atoms with E-state index in [1.807, 2.05) is 0 Å². The molecule has 2 saturated heterocycles. The number of nitrogens with zero attached hydrogens (tertiary/aromatic N) is 3. The highest BCUT2D eigenvalue weighted by Crippen LogP contribution is 2.42. The van der Waals surface area contributed by atoms with Gasteiger partial charge in [-0.25, -0.2) is 8.42 Å². The van der Waals surface area contributed by atoms with E-state index in [1.54, 1.807) is 37.0 Å². The van der Waals surface area contributed by atoms with Crippen molar-refractivity contribution in [3.05, 3.63) is 11.4 Å². The predicted octanol–water partition coefficient (Wildman–Crippen LogP) is 1.24. The molecular formula is C16H27N3O4S. The molecule has 8 heteroatoms. The minimum absolute atomic E-state index is 0.0775. The second-order valence-electron chi connectivity index (χ2n) is 7.01. The highest BCUT2D eigenvalue weighted by atomic mass is 32.2. The molecule has 136 valence electrons. The summed E-state index contributed by atoms with van der Waals surface area (Å²) in [5, 5.41) is 4.27. The molecule has 2 atom stereocenters. The van der Waals surface area contributed by atoms with E-state index in [1.165, 1.54) is 0 Å². The van der Waals surface area contributed by atoms with Crippen LogP contribution in [0, 0.1) is 19.3 Å². The summed E-state index contributed by atoms with van der Waals surface area (Å²) in [6.07, 6.45) is 2.66. The minimum Gasteiger partial charge on any atom is -0.384 e. The fraction of sp³-hybridized carbons (Fsp3) is 0.812. The summed E-state index contributed by atoms with van der Waals surface area (Å²) in [5.74, 6) is 0. The Morgan fingerprint density at radius 2 is 2.17 bits per heavy atom. The molecule has 2 aliphatic heterocycles. The van der Waals surface area contributed by atoms with Gasteiger partial charge in [0, 0.05) is 39.3 Å². The molecule has 0 N–H and O–H groups in total. The van der Waals surface area contributed by atoms with E-state index in [0.29, 0.717) is 42.4 Å². The van der Waals surface area contributed by atoms with Crippen LogP contribution in [0.25, 0.3) is 0 Å². The van der Waals surface area contributed by atoms with Gasteiger partial charge in [0.1, 0.15) is 4.90 Å². The van der Waals surface area contributed by atoms with E-state index in [-0.39, 0.29) is 11.5 Å². The molecular weight excluding hydrogens is 330 g/mol. The largest absolute Gasteiger partial charge is 0.384 e. The van der Waals surface area contributed by atoms with Crippen molar-refractivity contribution in [1.82, 2.24) is 14.1 Å².